The molecular formula is C27H26N4O4. The topological polar surface area (TPSA) is 109 Å². The standard InChI is InChI=1S/C27H26N4O4/c1-16-12-24(32)30-21-11-10-17(14-23(21)28-16)13-19-15-25(33)31-22-9-5-8-20(26(22)35-19)27(34)29-18-6-3-2-4-7-18/h2-11,14,16,19,28H,12-13,15H2,1H3,(H,29,34)(H,30,32)(H,31,33)/t16-,19-/m1/s1. The molecule has 8 heteroatoms. The smallest absolute Gasteiger partial charge is 0.259 e. The molecule has 3 amide bonds. The van der Waals surface area contributed by atoms with Gasteiger partial charge in [-0.3, -0.25) is 14.4 Å². The fourth-order valence-corrected chi connectivity index (χ4v) is 4.40. The molecule has 0 aliphatic carbocycles. The molecule has 0 spiro atoms. The van der Waals surface area contributed by atoms with Crippen molar-refractivity contribution in [2.24, 2.45) is 0 Å². The van der Waals surface area contributed by atoms with Gasteiger partial charge in [-0.25, -0.2) is 0 Å². The molecule has 5 rings (SSSR count). The van der Waals surface area contributed by atoms with E-state index >= 15 is 0 Å². The minimum absolute atomic E-state index is 0.00368. The number of nitrogens with one attached hydrogen (secondary N) is 4. The zero-order valence-electron chi connectivity index (χ0n) is 19.3. The average Bonchev–Trinajstić information content (AvgIpc) is 3.07. The molecule has 0 unspecified atom stereocenters. The molecule has 8 nitrogen and oxygen atoms in total. The van der Waals surface area contributed by atoms with Crippen molar-refractivity contribution >= 4 is 40.5 Å². The number of rotatable bonds is 4. The van der Waals surface area contributed by atoms with Gasteiger partial charge in [0.2, 0.25) is 11.8 Å². The van der Waals surface area contributed by atoms with Gasteiger partial charge in [-0.15, -0.1) is 0 Å². The van der Waals surface area contributed by atoms with Crippen molar-refractivity contribution < 1.29 is 19.1 Å². The summed E-state index contributed by atoms with van der Waals surface area (Å²) in [7, 11) is 0. The number of amides is 3. The molecule has 0 saturated heterocycles. The zero-order chi connectivity index (χ0) is 24.4. The molecule has 2 aliphatic rings. The Morgan fingerprint density at radius 3 is 2.51 bits per heavy atom. The van der Waals surface area contributed by atoms with E-state index in [2.05, 4.69) is 21.3 Å². The number of hydrogen-bond acceptors (Lipinski definition) is 5. The molecule has 2 atom stereocenters. The predicted molar refractivity (Wildman–Crippen MR) is 135 cm³/mol. The van der Waals surface area contributed by atoms with Gasteiger partial charge in [-0.1, -0.05) is 30.3 Å². The molecule has 3 aromatic rings. The Morgan fingerprint density at radius 2 is 1.69 bits per heavy atom. The first-order chi connectivity index (χ1) is 16.9. The second-order valence-electron chi connectivity index (χ2n) is 8.88. The van der Waals surface area contributed by atoms with Crippen LogP contribution in [0.3, 0.4) is 0 Å². The lowest BCUT2D eigenvalue weighted by Crippen LogP contribution is -2.24. The number of benzene rings is 3. The maximum absolute atomic E-state index is 13.0. The lowest BCUT2D eigenvalue weighted by atomic mass is 10.0. The molecule has 0 bridgehead atoms. The summed E-state index contributed by atoms with van der Waals surface area (Å²) in [5.74, 6) is -0.172. The largest absolute Gasteiger partial charge is 0.487 e. The molecule has 0 saturated carbocycles. The fraction of sp³-hybridized carbons (Fsp3) is 0.222. The van der Waals surface area contributed by atoms with Gasteiger partial charge in [-0.2, -0.15) is 0 Å². The highest BCUT2D eigenvalue weighted by Crippen LogP contribution is 2.35. The number of hydrogen-bond donors (Lipinski definition) is 4. The summed E-state index contributed by atoms with van der Waals surface area (Å²) in [6, 6.07) is 20.0. The average molecular weight is 471 g/mol. The second-order valence-corrected chi connectivity index (χ2v) is 8.88. The quantitative estimate of drug-likeness (QED) is 0.452. The van der Waals surface area contributed by atoms with Crippen LogP contribution in [0.15, 0.2) is 66.7 Å². The molecule has 178 valence electrons. The van der Waals surface area contributed by atoms with Crippen LogP contribution < -0.4 is 26.0 Å². The van der Waals surface area contributed by atoms with Crippen LogP contribution in [0.2, 0.25) is 0 Å². The number of ether oxygens (including phenoxy) is 1. The van der Waals surface area contributed by atoms with Gasteiger partial charge in [0, 0.05) is 24.6 Å². The fourth-order valence-electron chi connectivity index (χ4n) is 4.40. The van der Waals surface area contributed by atoms with Crippen molar-refractivity contribution in [3.05, 3.63) is 77.9 Å². The van der Waals surface area contributed by atoms with E-state index in [1.165, 1.54) is 0 Å². The van der Waals surface area contributed by atoms with Gasteiger partial charge in [-0.05, 0) is 48.9 Å². The van der Waals surface area contributed by atoms with Crippen molar-refractivity contribution in [2.45, 2.75) is 38.3 Å². The van der Waals surface area contributed by atoms with Gasteiger partial charge in [0.1, 0.15) is 6.10 Å². The van der Waals surface area contributed by atoms with E-state index < -0.39 is 6.10 Å². The normalized spacial score (nSPS) is 18.9. The summed E-state index contributed by atoms with van der Waals surface area (Å²) in [4.78, 5) is 37.7. The van der Waals surface area contributed by atoms with Crippen molar-refractivity contribution in [2.75, 3.05) is 21.3 Å². The Labute approximate surface area is 203 Å². The highest BCUT2D eigenvalue weighted by atomic mass is 16.5. The van der Waals surface area contributed by atoms with Crippen molar-refractivity contribution in [3.63, 3.8) is 0 Å². The number of fused-ring (bicyclic) bond motifs is 2. The summed E-state index contributed by atoms with van der Waals surface area (Å²) in [5.41, 5.74) is 4.00. The Kier molecular flexibility index (Phi) is 6.10. The molecule has 0 radical (unpaired) electrons. The molecule has 35 heavy (non-hydrogen) atoms. The Hall–Kier alpha value is -4.33. The molecular weight excluding hydrogens is 444 g/mol. The van der Waals surface area contributed by atoms with E-state index in [0.29, 0.717) is 35.5 Å². The molecule has 0 aromatic heterocycles. The zero-order valence-corrected chi connectivity index (χ0v) is 19.3. The summed E-state index contributed by atoms with van der Waals surface area (Å²) in [6.45, 7) is 1.96. The van der Waals surface area contributed by atoms with E-state index in [-0.39, 0.29) is 30.2 Å². The summed E-state index contributed by atoms with van der Waals surface area (Å²) in [5, 5.41) is 12.0. The SMILES string of the molecule is C[C@@H]1CC(=O)Nc2ccc(C[C@@H]3CC(=O)Nc4cccc(C(=O)Nc5ccccc5)c4O3)cc2N1. The summed E-state index contributed by atoms with van der Waals surface area (Å²) >= 11 is 0. The third-order valence-electron chi connectivity index (χ3n) is 5.98. The van der Waals surface area contributed by atoms with Crippen molar-refractivity contribution in [3.8, 4) is 5.75 Å². The van der Waals surface area contributed by atoms with Crippen molar-refractivity contribution in [1.82, 2.24) is 0 Å². The van der Waals surface area contributed by atoms with E-state index in [1.807, 2.05) is 43.3 Å². The monoisotopic (exact) mass is 470 g/mol. The van der Waals surface area contributed by atoms with Crippen LogP contribution in [0.4, 0.5) is 22.7 Å². The minimum Gasteiger partial charge on any atom is -0.487 e. The first-order valence-electron chi connectivity index (χ1n) is 11.6. The van der Waals surface area contributed by atoms with E-state index in [0.717, 1.165) is 16.9 Å². The number of anilines is 4. The third kappa shape index (κ3) is 5.11. The lowest BCUT2D eigenvalue weighted by Gasteiger charge is -2.20. The van der Waals surface area contributed by atoms with Gasteiger partial charge >= 0.3 is 0 Å². The number of carbonyl (C=O) groups is 3. The minimum atomic E-state index is -0.474. The summed E-state index contributed by atoms with van der Waals surface area (Å²) in [6.07, 6.45) is 0.517. The lowest BCUT2D eigenvalue weighted by molar-refractivity contribution is -0.117. The first kappa shape index (κ1) is 22.5. The Balaban J connectivity index is 1.40. The van der Waals surface area contributed by atoms with Gasteiger partial charge < -0.3 is 26.0 Å². The molecule has 2 heterocycles. The van der Waals surface area contributed by atoms with Crippen LogP contribution in [0.25, 0.3) is 0 Å². The van der Waals surface area contributed by atoms with Crippen LogP contribution in [0.5, 0.6) is 5.75 Å². The van der Waals surface area contributed by atoms with Crippen LogP contribution in [0, 0.1) is 0 Å². The summed E-state index contributed by atoms with van der Waals surface area (Å²) < 4.78 is 6.29. The van der Waals surface area contributed by atoms with Gasteiger partial charge in [0.25, 0.3) is 5.91 Å². The van der Waals surface area contributed by atoms with Crippen molar-refractivity contribution in [1.29, 1.82) is 0 Å². The van der Waals surface area contributed by atoms with Crippen LogP contribution in [0.1, 0.15) is 35.7 Å². The number of carbonyl (C=O) groups excluding carboxylic acids is 3. The van der Waals surface area contributed by atoms with Gasteiger partial charge in [0.15, 0.2) is 5.75 Å². The number of para-hydroxylation sites is 2. The first-order valence-corrected chi connectivity index (χ1v) is 11.6. The predicted octanol–water partition coefficient (Wildman–Crippen LogP) is 4.41. The third-order valence-corrected chi connectivity index (χ3v) is 5.98. The maximum atomic E-state index is 13.0. The highest BCUT2D eigenvalue weighted by Gasteiger charge is 2.27. The maximum Gasteiger partial charge on any atom is 0.259 e. The van der Waals surface area contributed by atoms with E-state index in [9.17, 15) is 14.4 Å². The van der Waals surface area contributed by atoms with E-state index in [1.54, 1.807) is 30.3 Å². The molecule has 3 aromatic carbocycles. The van der Waals surface area contributed by atoms with Crippen LogP contribution >= 0.6 is 0 Å². The van der Waals surface area contributed by atoms with Gasteiger partial charge in [0.05, 0.1) is 29.0 Å². The van der Waals surface area contributed by atoms with E-state index in [4.69, 9.17) is 4.74 Å². The highest BCUT2D eigenvalue weighted by molar-refractivity contribution is 6.08. The molecule has 0 fully saturated rings. The molecule has 2 aliphatic heterocycles. The Morgan fingerprint density at radius 1 is 0.914 bits per heavy atom. The second kappa shape index (κ2) is 9.50. The van der Waals surface area contributed by atoms with Crippen LogP contribution in [-0.4, -0.2) is 29.9 Å². The van der Waals surface area contributed by atoms with Crippen LogP contribution in [-0.2, 0) is 16.0 Å². The molecule has 4 N–H and O–H groups in total. The Bertz CT molecular complexity index is 1290.